The van der Waals surface area contributed by atoms with Gasteiger partial charge in [-0.15, -0.1) is 0 Å². The molecule has 1 heterocycles. The molecule has 14 heavy (non-hydrogen) atoms. The van der Waals surface area contributed by atoms with E-state index in [0.717, 1.165) is 13.1 Å². The zero-order valence-electron chi connectivity index (χ0n) is 9.29. The van der Waals surface area contributed by atoms with Gasteiger partial charge in [0.15, 0.2) is 0 Å². The number of piperazine rings is 1. The molecule has 1 rings (SSSR count). The number of rotatable bonds is 6. The van der Waals surface area contributed by atoms with Gasteiger partial charge in [-0.2, -0.15) is 0 Å². The molecular formula is C9H22N2O2Si. The third-order valence-electron chi connectivity index (χ3n) is 2.65. The normalized spacial score (nSPS) is 19.9. The van der Waals surface area contributed by atoms with Crippen molar-refractivity contribution in [1.82, 2.24) is 10.2 Å². The van der Waals surface area contributed by atoms with Gasteiger partial charge in [0.25, 0.3) is 0 Å². The van der Waals surface area contributed by atoms with Crippen molar-refractivity contribution in [2.45, 2.75) is 12.0 Å². The number of nitrogens with one attached hydrogen (secondary N) is 1. The molecule has 5 heteroatoms. The van der Waals surface area contributed by atoms with Crippen LogP contribution in [-0.4, -0.2) is 67.3 Å². The minimum Gasteiger partial charge on any atom is -0.360 e. The second-order valence-electron chi connectivity index (χ2n) is 3.63. The van der Waals surface area contributed by atoms with Gasteiger partial charge in [0.05, 0.1) is 9.52 Å². The molecule has 1 aliphatic heterocycles. The van der Waals surface area contributed by atoms with Crippen LogP contribution >= 0.6 is 0 Å². The molecule has 84 valence electrons. The van der Waals surface area contributed by atoms with Crippen LogP contribution in [0.2, 0.25) is 6.04 Å². The van der Waals surface area contributed by atoms with Gasteiger partial charge in [-0.3, -0.25) is 0 Å². The van der Waals surface area contributed by atoms with Crippen molar-refractivity contribution in [2.75, 3.05) is 46.9 Å². The first-order chi connectivity index (χ1) is 6.86. The van der Waals surface area contributed by atoms with Crippen molar-refractivity contribution >= 4 is 9.52 Å². The van der Waals surface area contributed by atoms with Crippen molar-refractivity contribution in [2.24, 2.45) is 0 Å². The predicted octanol–water partition coefficient (Wildman–Crippen LogP) is -0.945. The summed E-state index contributed by atoms with van der Waals surface area (Å²) in [6.45, 7) is 5.88. The highest BCUT2D eigenvalue weighted by atomic mass is 28.2. The quantitative estimate of drug-likeness (QED) is 0.461. The second-order valence-corrected chi connectivity index (χ2v) is 5.59. The molecular weight excluding hydrogens is 196 g/mol. The van der Waals surface area contributed by atoms with Crippen LogP contribution in [0.25, 0.3) is 0 Å². The van der Waals surface area contributed by atoms with Crippen molar-refractivity contribution in [1.29, 1.82) is 0 Å². The standard InChI is InChI=1S/C9H22N2O2Si/c1-12-9(13-2)14-8-7-11-5-3-10-4-6-11/h9-10H,3-8,14H2,1-2H3. The summed E-state index contributed by atoms with van der Waals surface area (Å²) in [4.78, 5) is 2.52. The Morgan fingerprint density at radius 3 is 2.50 bits per heavy atom. The van der Waals surface area contributed by atoms with Crippen LogP contribution in [0.5, 0.6) is 0 Å². The first kappa shape index (κ1) is 12.1. The molecule has 1 fully saturated rings. The summed E-state index contributed by atoms with van der Waals surface area (Å²) >= 11 is 0. The topological polar surface area (TPSA) is 33.7 Å². The predicted molar refractivity (Wildman–Crippen MR) is 60.5 cm³/mol. The van der Waals surface area contributed by atoms with Gasteiger partial charge >= 0.3 is 0 Å². The van der Waals surface area contributed by atoms with Crippen LogP contribution in [0.4, 0.5) is 0 Å². The summed E-state index contributed by atoms with van der Waals surface area (Å²) in [6, 6.07) is 1.28. The molecule has 0 aromatic carbocycles. The number of hydrogen-bond donors (Lipinski definition) is 1. The fourth-order valence-electron chi connectivity index (χ4n) is 1.75. The van der Waals surface area contributed by atoms with Gasteiger partial charge in [0, 0.05) is 40.4 Å². The molecule has 0 aliphatic carbocycles. The Morgan fingerprint density at radius 1 is 1.29 bits per heavy atom. The smallest absolute Gasteiger partial charge is 0.134 e. The Kier molecular flexibility index (Phi) is 6.38. The molecule has 0 unspecified atom stereocenters. The summed E-state index contributed by atoms with van der Waals surface area (Å²) < 4.78 is 10.4. The lowest BCUT2D eigenvalue weighted by Crippen LogP contribution is -2.44. The zero-order valence-corrected chi connectivity index (χ0v) is 10.7. The Hall–Kier alpha value is 0.0569. The van der Waals surface area contributed by atoms with Crippen molar-refractivity contribution < 1.29 is 9.47 Å². The van der Waals surface area contributed by atoms with E-state index in [1.165, 1.54) is 25.7 Å². The highest BCUT2D eigenvalue weighted by Gasteiger charge is 2.11. The number of hydrogen-bond acceptors (Lipinski definition) is 4. The number of methoxy groups -OCH3 is 2. The third kappa shape index (κ3) is 4.52. The molecule has 0 bridgehead atoms. The van der Waals surface area contributed by atoms with Gasteiger partial charge < -0.3 is 19.7 Å². The third-order valence-corrected chi connectivity index (χ3v) is 4.51. The zero-order chi connectivity index (χ0) is 10.2. The van der Waals surface area contributed by atoms with Crippen LogP contribution in [0.1, 0.15) is 0 Å². The minimum absolute atomic E-state index is 0.109. The van der Waals surface area contributed by atoms with E-state index in [0.29, 0.717) is 0 Å². The maximum absolute atomic E-state index is 5.20. The van der Waals surface area contributed by atoms with E-state index >= 15 is 0 Å². The number of ether oxygens (including phenoxy) is 2. The minimum atomic E-state index is -0.226. The summed E-state index contributed by atoms with van der Waals surface area (Å²) in [5, 5.41) is 3.36. The van der Waals surface area contributed by atoms with E-state index in [9.17, 15) is 0 Å². The summed E-state index contributed by atoms with van der Waals surface area (Å²) in [5.74, 6) is 0.109. The SMILES string of the molecule is COC(OC)[SiH2]CCN1CCNCC1. The van der Waals surface area contributed by atoms with Crippen LogP contribution in [0.15, 0.2) is 0 Å². The van der Waals surface area contributed by atoms with E-state index in [1.807, 2.05) is 0 Å². The molecule has 1 N–H and O–H groups in total. The lowest BCUT2D eigenvalue weighted by Gasteiger charge is -2.27. The highest BCUT2D eigenvalue weighted by Crippen LogP contribution is 1.97. The first-order valence-corrected chi connectivity index (χ1v) is 7.17. The molecule has 1 saturated heterocycles. The Bertz CT molecular complexity index is 139. The maximum atomic E-state index is 5.20. The van der Waals surface area contributed by atoms with Crippen LogP contribution < -0.4 is 5.32 Å². The molecule has 0 saturated carbocycles. The molecule has 0 amide bonds. The van der Waals surface area contributed by atoms with E-state index in [-0.39, 0.29) is 15.4 Å². The van der Waals surface area contributed by atoms with Crippen molar-refractivity contribution in [3.63, 3.8) is 0 Å². The molecule has 0 radical (unpaired) electrons. The molecule has 0 aromatic rings. The summed E-state index contributed by atoms with van der Waals surface area (Å²) in [5.41, 5.74) is 0. The Morgan fingerprint density at radius 2 is 1.93 bits per heavy atom. The van der Waals surface area contributed by atoms with E-state index in [2.05, 4.69) is 10.2 Å². The van der Waals surface area contributed by atoms with Crippen LogP contribution in [-0.2, 0) is 9.47 Å². The molecule has 0 spiro atoms. The van der Waals surface area contributed by atoms with Crippen molar-refractivity contribution in [3.8, 4) is 0 Å². The van der Waals surface area contributed by atoms with Gasteiger partial charge in [0.2, 0.25) is 0 Å². The number of nitrogens with zero attached hydrogens (tertiary/aromatic N) is 1. The second kappa shape index (κ2) is 7.36. The fourth-order valence-corrected chi connectivity index (χ4v) is 3.18. The van der Waals surface area contributed by atoms with Crippen LogP contribution in [0, 0.1) is 0 Å². The summed E-state index contributed by atoms with van der Waals surface area (Å²) in [6.07, 6.45) is 0. The first-order valence-electron chi connectivity index (χ1n) is 5.35. The average molecular weight is 218 g/mol. The summed E-state index contributed by atoms with van der Waals surface area (Å²) in [7, 11) is 3.23. The van der Waals surface area contributed by atoms with Crippen molar-refractivity contribution in [3.05, 3.63) is 0 Å². The molecule has 0 aromatic heterocycles. The van der Waals surface area contributed by atoms with E-state index in [4.69, 9.17) is 9.47 Å². The van der Waals surface area contributed by atoms with Gasteiger partial charge in [-0.05, 0) is 12.6 Å². The van der Waals surface area contributed by atoms with Gasteiger partial charge in [0.1, 0.15) is 5.91 Å². The fraction of sp³-hybridized carbons (Fsp3) is 1.00. The Labute approximate surface area is 88.8 Å². The average Bonchev–Trinajstić information content (AvgIpc) is 2.26. The van der Waals surface area contributed by atoms with Gasteiger partial charge in [-0.25, -0.2) is 0 Å². The van der Waals surface area contributed by atoms with Gasteiger partial charge in [-0.1, -0.05) is 0 Å². The molecule has 4 nitrogen and oxygen atoms in total. The van der Waals surface area contributed by atoms with Crippen LogP contribution in [0.3, 0.4) is 0 Å². The molecule has 0 atom stereocenters. The highest BCUT2D eigenvalue weighted by molar-refractivity contribution is 6.36. The lowest BCUT2D eigenvalue weighted by molar-refractivity contribution is -0.0442. The maximum Gasteiger partial charge on any atom is 0.134 e. The largest absolute Gasteiger partial charge is 0.360 e. The monoisotopic (exact) mass is 218 g/mol. The van der Waals surface area contributed by atoms with E-state index in [1.54, 1.807) is 14.2 Å². The molecule has 1 aliphatic rings. The Balaban J connectivity index is 2.01. The van der Waals surface area contributed by atoms with E-state index < -0.39 is 0 Å². The lowest BCUT2D eigenvalue weighted by atomic mass is 10.4.